The van der Waals surface area contributed by atoms with E-state index in [1.54, 1.807) is 12.1 Å². The lowest BCUT2D eigenvalue weighted by atomic mass is 9.99. The molecule has 0 amide bonds. The minimum absolute atomic E-state index is 0.00429. The van der Waals surface area contributed by atoms with Gasteiger partial charge in [-0.25, -0.2) is 20.0 Å². The summed E-state index contributed by atoms with van der Waals surface area (Å²) in [5, 5.41) is 10.0. The first kappa shape index (κ1) is 71.7. The molecule has 1 N–H and O–H groups in total. The molecule has 0 unspecified atom stereocenters. The minimum Gasteiger partial charge on any atom is -0.508 e. The average molecular weight is 1380 g/mol. The van der Waals surface area contributed by atoms with Crippen molar-refractivity contribution in [3.8, 4) is 46.0 Å². The van der Waals surface area contributed by atoms with Crippen LogP contribution in [0.15, 0.2) is 311 Å². The second-order valence-corrected chi connectivity index (χ2v) is 24.3. The maximum absolute atomic E-state index is 10.0. The molecule has 0 heterocycles. The highest BCUT2D eigenvalue weighted by Gasteiger charge is 2.14. The zero-order valence-electron chi connectivity index (χ0n) is 59.5. The zero-order valence-corrected chi connectivity index (χ0v) is 59.5. The van der Waals surface area contributed by atoms with Crippen LogP contribution in [0.25, 0.3) is 22.3 Å². The van der Waals surface area contributed by atoms with Crippen molar-refractivity contribution in [2.24, 2.45) is 20.0 Å². The molecule has 0 radical (unpaired) electrons. The molecule has 0 spiro atoms. The number of hydrogen-bond donors (Lipinski definition) is 1. The van der Waals surface area contributed by atoms with Crippen LogP contribution in [0.5, 0.6) is 46.0 Å². The van der Waals surface area contributed by atoms with Gasteiger partial charge < -0.3 is 38.3 Å². The van der Waals surface area contributed by atoms with Crippen molar-refractivity contribution in [1.82, 2.24) is 0 Å². The van der Waals surface area contributed by atoms with Gasteiger partial charge in [-0.1, -0.05) is 88.4 Å². The van der Waals surface area contributed by atoms with Gasteiger partial charge in [0.1, 0.15) is 46.0 Å². The third-order valence-corrected chi connectivity index (χ3v) is 17.4. The van der Waals surface area contributed by atoms with Crippen molar-refractivity contribution >= 4 is 68.5 Å². The van der Waals surface area contributed by atoms with E-state index in [0.29, 0.717) is 41.1 Å². The van der Waals surface area contributed by atoms with Gasteiger partial charge in [-0.3, -0.25) is 0 Å². The van der Waals surface area contributed by atoms with Crippen LogP contribution >= 0.6 is 0 Å². The van der Waals surface area contributed by atoms with Crippen molar-refractivity contribution < 1.29 is 38.3 Å². The maximum Gasteiger partial charge on any atom is 0.230 e. The van der Waals surface area contributed by atoms with Gasteiger partial charge in [0.25, 0.3) is 0 Å². The number of phenolic OH excluding ortho intramolecular Hbond substituents is 1. The Balaban J connectivity index is 0.674. The number of benzene rings is 12. The lowest BCUT2D eigenvalue weighted by molar-refractivity contribution is 0.119. The second-order valence-electron chi connectivity index (χ2n) is 24.3. The van der Waals surface area contributed by atoms with E-state index in [2.05, 4.69) is 105 Å². The quantitative estimate of drug-likeness (QED) is 0.0347. The highest BCUT2D eigenvalue weighted by molar-refractivity contribution is 6.02. The van der Waals surface area contributed by atoms with E-state index in [1.807, 2.05) is 237 Å². The molecule has 12 nitrogen and oxygen atoms in total. The molecule has 0 aliphatic carbocycles. The maximum atomic E-state index is 10.0. The van der Waals surface area contributed by atoms with Crippen LogP contribution in [-0.4, -0.2) is 55.6 Å². The Bertz CT molecular complexity index is 5090. The summed E-state index contributed by atoms with van der Waals surface area (Å²) in [6.07, 6.45) is 3.79. The van der Waals surface area contributed by atoms with Gasteiger partial charge in [-0.15, -0.1) is 0 Å². The number of aryl methyl sites for hydroxylation is 4. The van der Waals surface area contributed by atoms with Crippen LogP contribution < -0.4 is 33.2 Å². The van der Waals surface area contributed by atoms with E-state index >= 15 is 0 Å². The molecule has 0 atom stereocenters. The van der Waals surface area contributed by atoms with Crippen LogP contribution in [0.1, 0.15) is 101 Å². The Labute approximate surface area is 614 Å². The van der Waals surface area contributed by atoms with Crippen molar-refractivity contribution in [2.45, 2.75) is 60.3 Å². The molecular weight excluding hydrogens is 1300 g/mol. The molecule has 12 aromatic rings. The lowest BCUT2D eigenvalue weighted by Gasteiger charge is -2.12. The zero-order chi connectivity index (χ0) is 72.4. The van der Waals surface area contributed by atoms with E-state index < -0.39 is 0 Å². The van der Waals surface area contributed by atoms with Crippen LogP contribution in [0.4, 0.5) is 22.7 Å². The molecule has 0 aliphatic heterocycles. The molecule has 0 aromatic heterocycles. The van der Waals surface area contributed by atoms with E-state index in [9.17, 15) is 5.11 Å². The van der Waals surface area contributed by atoms with Gasteiger partial charge in [0.2, 0.25) is 20.4 Å². The predicted octanol–water partition coefficient (Wildman–Crippen LogP) is 22.0. The van der Waals surface area contributed by atoms with Gasteiger partial charge in [0.05, 0.1) is 51.6 Å². The summed E-state index contributed by atoms with van der Waals surface area (Å²) < 4.78 is 42.4. The molecular formula is C93H80N4O8. The normalized spacial score (nSPS) is 10.5. The second kappa shape index (κ2) is 36.4. The summed E-state index contributed by atoms with van der Waals surface area (Å²) in [6.45, 7) is 11.0. The molecule has 12 heteroatoms. The van der Waals surface area contributed by atoms with Crippen LogP contribution in [-0.2, 0) is 25.7 Å². The summed E-state index contributed by atoms with van der Waals surface area (Å²) >= 11 is 0. The first-order valence-electron chi connectivity index (χ1n) is 35.3. The van der Waals surface area contributed by atoms with Crippen molar-refractivity contribution in [1.29, 1.82) is 0 Å². The molecule has 520 valence electrons. The van der Waals surface area contributed by atoms with E-state index in [0.717, 1.165) is 121 Å². The van der Waals surface area contributed by atoms with Gasteiger partial charge >= 0.3 is 0 Å². The number of rotatable bonds is 30. The molecule has 12 rings (SSSR count). The van der Waals surface area contributed by atoms with Crippen molar-refractivity contribution in [3.63, 3.8) is 0 Å². The first-order chi connectivity index (χ1) is 51.6. The predicted molar refractivity (Wildman–Crippen MR) is 424 cm³/mol. The van der Waals surface area contributed by atoms with Gasteiger partial charge in [0, 0.05) is 0 Å². The largest absolute Gasteiger partial charge is 0.508 e. The number of ether oxygens (including phenoxy) is 7. The van der Waals surface area contributed by atoms with Gasteiger partial charge in [0.15, 0.2) is 0 Å². The third kappa shape index (κ3) is 20.3. The highest BCUT2D eigenvalue weighted by Crippen LogP contribution is 2.32. The first-order valence-corrected chi connectivity index (χ1v) is 35.3. The lowest BCUT2D eigenvalue weighted by Crippen LogP contribution is -2.06. The number of hydrogen-bond acceptors (Lipinski definition) is 12. The Hall–Kier alpha value is -13.2. The SMILES string of the molecule is CCOc1ccc(C(=C=Nc2ccc(CC)cc2)c2ccc(OCOc3ccc(C(=C=Nc4ccc(CC)cc4)c4ccc(OCOc5ccc(C(=C=Nc6ccc(CC)cc6)c6ccc(OCOc7ccc(C(=C=Nc8ccc(CC)cc8)c8ccc(O)cc8)cc7)cc6)cc5)cc4)cc3)cc2)cc1. The average Bonchev–Trinajstić information content (AvgIpc) is 0.850. The Morgan fingerprint density at radius 1 is 0.229 bits per heavy atom. The summed E-state index contributed by atoms with van der Waals surface area (Å²) in [5.41, 5.74) is 18.5. The van der Waals surface area contributed by atoms with Crippen LogP contribution in [0, 0.1) is 0 Å². The smallest absolute Gasteiger partial charge is 0.230 e. The molecule has 0 saturated heterocycles. The number of nitrogens with zero attached hydrogens (tertiary/aromatic N) is 4. The summed E-state index contributed by atoms with van der Waals surface area (Å²) in [5.74, 6) is 18.1. The molecule has 0 aliphatic rings. The molecule has 105 heavy (non-hydrogen) atoms. The Kier molecular flexibility index (Phi) is 24.9. The molecule has 12 aromatic carbocycles. The minimum atomic E-state index is -0.0294. The summed E-state index contributed by atoms with van der Waals surface area (Å²) in [7, 11) is 0. The van der Waals surface area contributed by atoms with E-state index in [4.69, 9.17) is 48.1 Å². The fourth-order valence-electron chi connectivity index (χ4n) is 11.2. The van der Waals surface area contributed by atoms with Crippen LogP contribution in [0.2, 0.25) is 0 Å². The number of aromatic hydroxyl groups is 1. The fourth-order valence-corrected chi connectivity index (χ4v) is 11.2. The molecule has 0 bridgehead atoms. The third-order valence-electron chi connectivity index (χ3n) is 17.4. The molecule has 0 saturated carbocycles. The summed E-state index contributed by atoms with van der Waals surface area (Å²) in [4.78, 5) is 19.0. The summed E-state index contributed by atoms with van der Waals surface area (Å²) in [6, 6.07) is 94.3. The van der Waals surface area contributed by atoms with Gasteiger partial charge in [-0.2, -0.15) is 0 Å². The van der Waals surface area contributed by atoms with Crippen LogP contribution in [0.3, 0.4) is 0 Å². The Morgan fingerprint density at radius 3 is 0.571 bits per heavy atom. The number of phenols is 1. The highest BCUT2D eigenvalue weighted by atomic mass is 16.7. The monoisotopic (exact) mass is 1380 g/mol. The fraction of sp³-hybridized carbons (Fsp3) is 0.140. The van der Waals surface area contributed by atoms with Gasteiger partial charge in [-0.05, 0) is 353 Å². The standard InChI is InChI=1S/C93H80N4O8/c1-6-66-11-35-78(36-12-66)94-59-90(70-19-43-82(98)44-20-70)72-23-47-84(48-24-72)100-63-101-86-51-27-74(28-52-86)92(61-96-80-39-15-68(8-3)16-40-80)76-31-55-88(56-32-76)104-65-105-89-57-33-77(34-58-89)93(62-97-81-41-17-69(9-4)18-42-81)75-29-53-87(54-30-75)103-64-102-85-49-25-73(26-50-85)91(71-21-45-83(46-22-71)99-10-5)60-95-79-37-13-67(7-2)14-38-79/h11-58,98H,6-10,63-65H2,1-5H3. The topological polar surface area (TPSA) is 134 Å². The Morgan fingerprint density at radius 2 is 0.400 bits per heavy atom. The van der Waals surface area contributed by atoms with E-state index in [1.165, 1.54) is 22.3 Å². The number of aliphatic imine (C=N–C) groups is 4. The molecule has 0 fully saturated rings. The van der Waals surface area contributed by atoms with E-state index in [-0.39, 0.29) is 26.1 Å². The van der Waals surface area contributed by atoms with Crippen molar-refractivity contribution in [3.05, 3.63) is 358 Å². The van der Waals surface area contributed by atoms with Crippen molar-refractivity contribution in [2.75, 3.05) is 27.0 Å².